The Balaban J connectivity index is 2.28. The maximum atomic E-state index is 12.0. The first kappa shape index (κ1) is 24.5. The molecular formula is C24H27NO7. The summed E-state index contributed by atoms with van der Waals surface area (Å²) in [5.41, 5.74) is 0.752. The van der Waals surface area contributed by atoms with Crippen LogP contribution in [-0.4, -0.2) is 28.7 Å². The van der Waals surface area contributed by atoms with Gasteiger partial charge in [0, 0.05) is 12.5 Å². The number of carbonyl (C=O) groups is 3. The van der Waals surface area contributed by atoms with Crippen molar-refractivity contribution in [1.29, 1.82) is 0 Å². The summed E-state index contributed by atoms with van der Waals surface area (Å²) in [6, 6.07) is 14.5. The highest BCUT2D eigenvalue weighted by Gasteiger charge is 2.20. The van der Waals surface area contributed by atoms with Crippen molar-refractivity contribution in [3.05, 3.63) is 70.9 Å². The van der Waals surface area contributed by atoms with E-state index in [2.05, 4.69) is 5.32 Å². The second kappa shape index (κ2) is 11.0. The normalized spacial score (nSPS) is 11.4. The summed E-state index contributed by atoms with van der Waals surface area (Å²) in [6.45, 7) is 6.52. The number of esters is 1. The average molecular weight is 441 g/mol. The maximum absolute atomic E-state index is 12.0. The number of aliphatic carboxylic acids is 1. The SMILES string of the molecule is CC(=O)OCc1cc(OCc2ccccc2)ccc1C=C(NC(=O)OC(C)(C)C)C(=O)O. The smallest absolute Gasteiger partial charge is 0.412 e. The van der Waals surface area contributed by atoms with Crippen molar-refractivity contribution in [2.24, 2.45) is 0 Å². The van der Waals surface area contributed by atoms with Gasteiger partial charge in [0.1, 0.15) is 30.3 Å². The fraction of sp³-hybridized carbons (Fsp3) is 0.292. The Morgan fingerprint density at radius 2 is 1.72 bits per heavy atom. The molecule has 0 aromatic heterocycles. The van der Waals surface area contributed by atoms with E-state index < -0.39 is 23.6 Å². The number of hydrogen-bond donors (Lipinski definition) is 2. The third kappa shape index (κ3) is 8.51. The van der Waals surface area contributed by atoms with Crippen LogP contribution in [0.1, 0.15) is 44.4 Å². The lowest BCUT2D eigenvalue weighted by molar-refractivity contribution is -0.142. The van der Waals surface area contributed by atoms with Gasteiger partial charge in [-0.1, -0.05) is 36.4 Å². The van der Waals surface area contributed by atoms with Gasteiger partial charge in [-0.15, -0.1) is 0 Å². The molecule has 0 spiro atoms. The number of rotatable bonds is 8. The van der Waals surface area contributed by atoms with Gasteiger partial charge in [0.05, 0.1) is 0 Å². The molecule has 0 fully saturated rings. The van der Waals surface area contributed by atoms with Gasteiger partial charge >= 0.3 is 18.0 Å². The fourth-order valence-corrected chi connectivity index (χ4v) is 2.58. The Morgan fingerprint density at radius 3 is 2.31 bits per heavy atom. The minimum absolute atomic E-state index is 0.0942. The molecule has 2 rings (SSSR count). The Bertz CT molecular complexity index is 991. The summed E-state index contributed by atoms with van der Waals surface area (Å²) >= 11 is 0. The second-order valence-corrected chi connectivity index (χ2v) is 7.91. The van der Waals surface area contributed by atoms with Crippen molar-refractivity contribution in [3.63, 3.8) is 0 Å². The predicted octanol–water partition coefficient (Wildman–Crippen LogP) is 4.28. The van der Waals surface area contributed by atoms with Gasteiger partial charge < -0.3 is 19.3 Å². The predicted molar refractivity (Wildman–Crippen MR) is 118 cm³/mol. The molecule has 2 aromatic carbocycles. The first-order chi connectivity index (χ1) is 15.0. The number of nitrogens with one attached hydrogen (secondary N) is 1. The number of benzene rings is 2. The molecule has 0 atom stereocenters. The van der Waals surface area contributed by atoms with Crippen molar-refractivity contribution < 1.29 is 33.7 Å². The Morgan fingerprint density at radius 1 is 1.03 bits per heavy atom. The largest absolute Gasteiger partial charge is 0.489 e. The topological polar surface area (TPSA) is 111 Å². The van der Waals surface area contributed by atoms with E-state index >= 15 is 0 Å². The zero-order valence-corrected chi connectivity index (χ0v) is 18.5. The van der Waals surface area contributed by atoms with Crippen LogP contribution in [-0.2, 0) is 32.3 Å². The van der Waals surface area contributed by atoms with Gasteiger partial charge in [-0.25, -0.2) is 9.59 Å². The highest BCUT2D eigenvalue weighted by molar-refractivity contribution is 5.95. The van der Waals surface area contributed by atoms with E-state index in [0.29, 0.717) is 23.5 Å². The monoisotopic (exact) mass is 441 g/mol. The fourth-order valence-electron chi connectivity index (χ4n) is 2.58. The van der Waals surface area contributed by atoms with E-state index in [0.717, 1.165) is 5.56 Å². The number of carboxylic acids is 1. The van der Waals surface area contributed by atoms with Crippen molar-refractivity contribution in [2.45, 2.75) is 46.5 Å². The van der Waals surface area contributed by atoms with Crippen LogP contribution in [0.25, 0.3) is 6.08 Å². The Kier molecular flexibility index (Phi) is 8.40. The molecular weight excluding hydrogens is 414 g/mol. The number of ether oxygens (including phenoxy) is 3. The van der Waals surface area contributed by atoms with Gasteiger partial charge in [-0.3, -0.25) is 10.1 Å². The number of alkyl carbamates (subject to hydrolysis) is 1. The molecule has 32 heavy (non-hydrogen) atoms. The summed E-state index contributed by atoms with van der Waals surface area (Å²) < 4.78 is 16.0. The number of amides is 1. The number of carbonyl (C=O) groups excluding carboxylic acids is 2. The minimum Gasteiger partial charge on any atom is -0.489 e. The Labute approximate surface area is 186 Å². The van der Waals surface area contributed by atoms with Crippen LogP contribution in [0.2, 0.25) is 0 Å². The van der Waals surface area contributed by atoms with E-state index in [1.165, 1.54) is 13.0 Å². The van der Waals surface area contributed by atoms with Crippen LogP contribution in [0, 0.1) is 0 Å². The maximum Gasteiger partial charge on any atom is 0.412 e. The molecule has 1 amide bonds. The molecule has 0 aliphatic heterocycles. The third-order valence-corrected chi connectivity index (χ3v) is 3.96. The van der Waals surface area contributed by atoms with Crippen LogP contribution in [0.3, 0.4) is 0 Å². The lowest BCUT2D eigenvalue weighted by Gasteiger charge is -2.20. The summed E-state index contributed by atoms with van der Waals surface area (Å²) in [6.07, 6.45) is 0.377. The van der Waals surface area contributed by atoms with Gasteiger partial charge in [0.2, 0.25) is 0 Å². The van der Waals surface area contributed by atoms with Crippen LogP contribution in [0.4, 0.5) is 4.79 Å². The molecule has 0 radical (unpaired) electrons. The number of carboxylic acid groups (broad SMARTS) is 1. The van der Waals surface area contributed by atoms with E-state index in [4.69, 9.17) is 14.2 Å². The molecule has 8 nitrogen and oxygen atoms in total. The minimum atomic E-state index is -1.35. The molecule has 0 aliphatic carbocycles. The summed E-state index contributed by atoms with van der Waals surface area (Å²) in [4.78, 5) is 35.0. The van der Waals surface area contributed by atoms with E-state index in [1.807, 2.05) is 30.3 Å². The quantitative estimate of drug-likeness (QED) is 0.465. The molecule has 170 valence electrons. The van der Waals surface area contributed by atoms with Gasteiger partial charge in [0.15, 0.2) is 0 Å². The summed E-state index contributed by atoms with van der Waals surface area (Å²) in [5, 5.41) is 11.7. The molecule has 0 saturated heterocycles. The third-order valence-electron chi connectivity index (χ3n) is 3.96. The zero-order chi connectivity index (χ0) is 23.7. The molecule has 0 heterocycles. The summed E-state index contributed by atoms with van der Waals surface area (Å²) in [7, 11) is 0. The summed E-state index contributed by atoms with van der Waals surface area (Å²) in [5.74, 6) is -1.32. The van der Waals surface area contributed by atoms with Gasteiger partial charge in [-0.2, -0.15) is 0 Å². The zero-order valence-electron chi connectivity index (χ0n) is 18.5. The molecule has 0 bridgehead atoms. The lowest BCUT2D eigenvalue weighted by atomic mass is 10.1. The Hall–Kier alpha value is -3.81. The molecule has 0 unspecified atom stereocenters. The van der Waals surface area contributed by atoms with Gasteiger partial charge in [-0.05, 0) is 50.1 Å². The van der Waals surface area contributed by atoms with Gasteiger partial charge in [0.25, 0.3) is 0 Å². The molecule has 0 saturated carbocycles. The first-order valence-electron chi connectivity index (χ1n) is 9.91. The second-order valence-electron chi connectivity index (χ2n) is 7.91. The molecule has 8 heteroatoms. The van der Waals surface area contributed by atoms with E-state index in [9.17, 15) is 19.5 Å². The average Bonchev–Trinajstić information content (AvgIpc) is 2.70. The highest BCUT2D eigenvalue weighted by Crippen LogP contribution is 2.22. The van der Waals surface area contributed by atoms with Crippen molar-refractivity contribution in [2.75, 3.05) is 0 Å². The molecule has 2 N–H and O–H groups in total. The van der Waals surface area contributed by atoms with Crippen molar-refractivity contribution in [1.82, 2.24) is 5.32 Å². The first-order valence-corrected chi connectivity index (χ1v) is 9.91. The lowest BCUT2D eigenvalue weighted by Crippen LogP contribution is -2.34. The van der Waals surface area contributed by atoms with E-state index in [-0.39, 0.29) is 12.3 Å². The van der Waals surface area contributed by atoms with Crippen LogP contribution in [0.5, 0.6) is 5.75 Å². The molecule has 2 aromatic rings. The van der Waals surface area contributed by atoms with Crippen LogP contribution >= 0.6 is 0 Å². The standard InChI is InChI=1S/C24H27NO7/c1-16(26)30-15-19-12-20(31-14-17-8-6-5-7-9-17)11-10-18(19)13-21(22(27)28)25-23(29)32-24(2,3)4/h5-13H,14-15H2,1-4H3,(H,25,29)(H,27,28). The van der Waals surface area contributed by atoms with Crippen LogP contribution < -0.4 is 10.1 Å². The number of hydrogen-bond acceptors (Lipinski definition) is 6. The molecule has 0 aliphatic rings. The van der Waals surface area contributed by atoms with Crippen molar-refractivity contribution >= 4 is 24.1 Å². The van der Waals surface area contributed by atoms with Crippen molar-refractivity contribution in [3.8, 4) is 5.75 Å². The van der Waals surface area contributed by atoms with Crippen LogP contribution in [0.15, 0.2) is 54.2 Å². The van der Waals surface area contributed by atoms with E-state index in [1.54, 1.807) is 39.0 Å². The highest BCUT2D eigenvalue weighted by atomic mass is 16.6.